The van der Waals surface area contributed by atoms with E-state index in [2.05, 4.69) is 38.1 Å². The summed E-state index contributed by atoms with van der Waals surface area (Å²) < 4.78 is 6.92. The molecule has 0 unspecified atom stereocenters. The van der Waals surface area contributed by atoms with Gasteiger partial charge in [-0.3, -0.25) is 4.99 Å². The van der Waals surface area contributed by atoms with Gasteiger partial charge >= 0.3 is 0 Å². The topological polar surface area (TPSA) is 28.7 Å². The maximum absolute atomic E-state index is 5.92. The first-order chi connectivity index (χ1) is 10.3. The van der Waals surface area contributed by atoms with Crippen molar-refractivity contribution in [1.29, 1.82) is 0 Å². The second kappa shape index (κ2) is 6.71. The number of para-hydroxylation sites is 1. The van der Waals surface area contributed by atoms with Gasteiger partial charge in [0.2, 0.25) is 5.88 Å². The third kappa shape index (κ3) is 3.35. The van der Waals surface area contributed by atoms with Crippen LogP contribution < -0.4 is 4.90 Å². The summed E-state index contributed by atoms with van der Waals surface area (Å²) in [6, 6.07) is 10.1. The molecule has 1 aromatic heterocycles. The van der Waals surface area contributed by atoms with Crippen molar-refractivity contribution in [2.75, 3.05) is 24.2 Å². The fraction of sp³-hybridized carbons (Fsp3) is 0.312. The highest BCUT2D eigenvalue weighted by atomic mass is 79.9. The Kier molecular flexibility index (Phi) is 4.70. The van der Waals surface area contributed by atoms with Crippen LogP contribution in [0.4, 0.5) is 11.6 Å². The van der Waals surface area contributed by atoms with Gasteiger partial charge in [0.15, 0.2) is 0 Å². The van der Waals surface area contributed by atoms with Gasteiger partial charge < -0.3 is 9.32 Å². The zero-order valence-electron chi connectivity index (χ0n) is 11.9. The molecule has 1 aromatic carbocycles. The monoisotopic (exact) mass is 364 g/mol. The van der Waals surface area contributed by atoms with Crippen LogP contribution in [0.1, 0.15) is 18.6 Å². The molecule has 2 aromatic rings. The molecule has 1 saturated heterocycles. The summed E-state index contributed by atoms with van der Waals surface area (Å²) in [7, 11) is 0. The molecule has 0 N–H and O–H groups in total. The first-order valence-corrected chi connectivity index (χ1v) is 9.01. The molecular weight excluding hydrogens is 348 g/mol. The average molecular weight is 365 g/mol. The summed E-state index contributed by atoms with van der Waals surface area (Å²) >= 11 is 5.28. The van der Waals surface area contributed by atoms with E-state index in [1.807, 2.05) is 24.3 Å². The van der Waals surface area contributed by atoms with Crippen LogP contribution in [0.5, 0.6) is 0 Å². The van der Waals surface area contributed by atoms with Crippen LogP contribution in [0.3, 0.4) is 0 Å². The van der Waals surface area contributed by atoms with Gasteiger partial charge in [0, 0.05) is 24.1 Å². The fourth-order valence-electron chi connectivity index (χ4n) is 2.45. The Hall–Kier alpha value is -1.20. The molecule has 1 fully saturated rings. The van der Waals surface area contributed by atoms with Gasteiger partial charge in [-0.1, -0.05) is 12.1 Å². The third-order valence-electron chi connectivity index (χ3n) is 3.50. The summed E-state index contributed by atoms with van der Waals surface area (Å²) in [6.45, 7) is 2.13. The van der Waals surface area contributed by atoms with Crippen molar-refractivity contribution in [3.63, 3.8) is 0 Å². The van der Waals surface area contributed by atoms with Gasteiger partial charge in [-0.15, -0.1) is 11.8 Å². The quantitative estimate of drug-likeness (QED) is 0.557. The molecule has 0 spiro atoms. The lowest BCUT2D eigenvalue weighted by Crippen LogP contribution is -2.17. The number of nitrogens with zero attached hydrogens (tertiary/aromatic N) is 2. The van der Waals surface area contributed by atoms with Crippen molar-refractivity contribution in [3.05, 3.63) is 40.6 Å². The van der Waals surface area contributed by atoms with Gasteiger partial charge in [0.05, 0.1) is 16.4 Å². The number of rotatable bonds is 4. The van der Waals surface area contributed by atoms with Gasteiger partial charge in [0.1, 0.15) is 5.76 Å². The minimum absolute atomic E-state index is 0.777. The van der Waals surface area contributed by atoms with Crippen LogP contribution in [-0.2, 0) is 0 Å². The Bertz CT molecular complexity index is 647. The zero-order chi connectivity index (χ0) is 14.7. The maximum Gasteiger partial charge on any atom is 0.210 e. The van der Waals surface area contributed by atoms with Crippen LogP contribution in [0, 0.1) is 0 Å². The van der Waals surface area contributed by atoms with Crippen LogP contribution in [0.2, 0.25) is 0 Å². The van der Waals surface area contributed by atoms with Crippen molar-refractivity contribution in [2.45, 2.75) is 17.7 Å². The summed E-state index contributed by atoms with van der Waals surface area (Å²) in [5.41, 5.74) is 0.972. The normalized spacial score (nSPS) is 15.2. The molecule has 21 heavy (non-hydrogen) atoms. The molecule has 3 rings (SSSR count). The number of benzene rings is 1. The first-order valence-electron chi connectivity index (χ1n) is 6.99. The summed E-state index contributed by atoms with van der Waals surface area (Å²) in [4.78, 5) is 7.99. The molecule has 0 radical (unpaired) electrons. The van der Waals surface area contributed by atoms with Crippen molar-refractivity contribution < 1.29 is 4.42 Å². The van der Waals surface area contributed by atoms with E-state index in [0.29, 0.717) is 0 Å². The highest BCUT2D eigenvalue weighted by Gasteiger charge is 2.19. The first kappa shape index (κ1) is 14.7. The van der Waals surface area contributed by atoms with Gasteiger partial charge in [-0.2, -0.15) is 0 Å². The molecule has 110 valence electrons. The molecular formula is C16H17BrN2OS. The van der Waals surface area contributed by atoms with Gasteiger partial charge in [0.25, 0.3) is 0 Å². The lowest BCUT2D eigenvalue weighted by molar-refractivity contribution is 0.549. The molecule has 1 aliphatic heterocycles. The van der Waals surface area contributed by atoms with Crippen LogP contribution >= 0.6 is 27.7 Å². The van der Waals surface area contributed by atoms with Crippen molar-refractivity contribution >= 4 is 45.5 Å². The second-order valence-corrected chi connectivity index (χ2v) is 6.63. The number of anilines is 1. The molecule has 0 bridgehead atoms. The number of thioether (sulfide) groups is 1. The zero-order valence-corrected chi connectivity index (χ0v) is 14.3. The average Bonchev–Trinajstić information content (AvgIpc) is 3.14. The fourth-order valence-corrected chi connectivity index (χ4v) is 3.55. The van der Waals surface area contributed by atoms with E-state index in [4.69, 9.17) is 4.42 Å². The number of furan rings is 1. The molecule has 0 amide bonds. The Morgan fingerprint density at radius 1 is 1.29 bits per heavy atom. The molecule has 2 heterocycles. The van der Waals surface area contributed by atoms with Gasteiger partial charge in [-0.25, -0.2) is 0 Å². The van der Waals surface area contributed by atoms with Crippen LogP contribution in [-0.4, -0.2) is 25.6 Å². The molecule has 0 aliphatic carbocycles. The number of hydrogen-bond donors (Lipinski definition) is 0. The molecule has 5 heteroatoms. The largest absolute Gasteiger partial charge is 0.438 e. The van der Waals surface area contributed by atoms with E-state index in [1.165, 1.54) is 17.7 Å². The SMILES string of the molecule is CSc1ccccc1N=Cc1cc(Br)c(N2CCCC2)o1. The summed E-state index contributed by atoms with van der Waals surface area (Å²) in [5.74, 6) is 1.70. The minimum Gasteiger partial charge on any atom is -0.438 e. The van der Waals surface area contributed by atoms with E-state index < -0.39 is 0 Å². The lowest BCUT2D eigenvalue weighted by atomic mass is 10.3. The van der Waals surface area contributed by atoms with Crippen LogP contribution in [0.15, 0.2) is 49.1 Å². The predicted molar refractivity (Wildman–Crippen MR) is 93.3 cm³/mol. The van der Waals surface area contributed by atoms with E-state index in [0.717, 1.165) is 34.9 Å². The van der Waals surface area contributed by atoms with E-state index in [9.17, 15) is 0 Å². The van der Waals surface area contributed by atoms with E-state index in [1.54, 1.807) is 18.0 Å². The molecule has 1 aliphatic rings. The highest BCUT2D eigenvalue weighted by Crippen LogP contribution is 2.32. The second-order valence-electron chi connectivity index (χ2n) is 4.93. The maximum atomic E-state index is 5.92. The Labute approximate surface area is 137 Å². The van der Waals surface area contributed by atoms with E-state index in [-0.39, 0.29) is 0 Å². The Morgan fingerprint density at radius 3 is 2.81 bits per heavy atom. The molecule has 0 atom stereocenters. The number of aliphatic imine (C=N–C) groups is 1. The van der Waals surface area contributed by atoms with Crippen molar-refractivity contribution in [2.24, 2.45) is 4.99 Å². The number of hydrogen-bond acceptors (Lipinski definition) is 4. The predicted octanol–water partition coefficient (Wildman–Crippen LogP) is 5.11. The highest BCUT2D eigenvalue weighted by molar-refractivity contribution is 9.10. The van der Waals surface area contributed by atoms with Crippen molar-refractivity contribution in [1.82, 2.24) is 0 Å². The molecule has 0 saturated carbocycles. The lowest BCUT2D eigenvalue weighted by Gasteiger charge is -2.13. The summed E-state index contributed by atoms with van der Waals surface area (Å²) in [6.07, 6.45) is 6.32. The Morgan fingerprint density at radius 2 is 2.05 bits per heavy atom. The van der Waals surface area contributed by atoms with Crippen molar-refractivity contribution in [3.8, 4) is 0 Å². The van der Waals surface area contributed by atoms with E-state index >= 15 is 0 Å². The smallest absolute Gasteiger partial charge is 0.210 e. The molecule has 3 nitrogen and oxygen atoms in total. The summed E-state index contributed by atoms with van der Waals surface area (Å²) in [5, 5.41) is 0. The number of halogens is 1. The third-order valence-corrected chi connectivity index (χ3v) is 4.85. The van der Waals surface area contributed by atoms with Crippen LogP contribution in [0.25, 0.3) is 0 Å². The standard InChI is InChI=1S/C16H17BrN2OS/c1-21-15-7-3-2-6-14(15)18-11-12-10-13(17)16(20-12)19-8-4-5-9-19/h2-3,6-7,10-11H,4-5,8-9H2,1H3. The minimum atomic E-state index is 0.777. The Balaban J connectivity index is 1.81. The van der Waals surface area contributed by atoms with Gasteiger partial charge in [-0.05, 0) is 47.2 Å².